The van der Waals surface area contributed by atoms with Crippen LogP contribution in [0.25, 0.3) is 0 Å². The highest BCUT2D eigenvalue weighted by Crippen LogP contribution is 2.20. The largest absolute Gasteiger partial charge is 0.467 e. The summed E-state index contributed by atoms with van der Waals surface area (Å²) in [5.74, 6) is 1.94. The smallest absolute Gasteiger partial charge is 0.124 e. The van der Waals surface area contributed by atoms with Crippen LogP contribution in [0.2, 0.25) is 0 Å². The number of hydrogen-bond donors (Lipinski definition) is 2. The van der Waals surface area contributed by atoms with Gasteiger partial charge in [-0.3, -0.25) is 0 Å². The van der Waals surface area contributed by atoms with E-state index in [-0.39, 0.29) is 6.04 Å². The van der Waals surface area contributed by atoms with Gasteiger partial charge in [-0.15, -0.1) is 0 Å². The molecule has 2 aromatic heterocycles. The van der Waals surface area contributed by atoms with E-state index < -0.39 is 0 Å². The van der Waals surface area contributed by atoms with Gasteiger partial charge in [0, 0.05) is 18.8 Å². The number of rotatable bonds is 4. The number of H-pyrrole nitrogens is 1. The molecule has 2 heterocycles. The highest BCUT2D eigenvalue weighted by molar-refractivity contribution is 5.19. The van der Waals surface area contributed by atoms with Crippen LogP contribution < -0.4 is 5.32 Å². The quantitative estimate of drug-likeness (QED) is 0.800. The molecule has 0 aliphatic carbocycles. The molecule has 0 bridgehead atoms. The number of imidazole rings is 1. The lowest BCUT2D eigenvalue weighted by Gasteiger charge is -2.13. The van der Waals surface area contributed by atoms with Crippen LogP contribution in [0.1, 0.15) is 23.2 Å². The Kier molecular flexibility index (Phi) is 2.87. The van der Waals surface area contributed by atoms with Crippen LogP contribution in [0.15, 0.2) is 29.1 Å². The van der Waals surface area contributed by atoms with Gasteiger partial charge in [0.25, 0.3) is 0 Å². The maximum absolute atomic E-state index is 5.46. The molecular weight excluding hydrogens is 190 g/mol. The van der Waals surface area contributed by atoms with Gasteiger partial charge in [0.15, 0.2) is 0 Å². The summed E-state index contributed by atoms with van der Waals surface area (Å²) < 4.78 is 5.46. The van der Waals surface area contributed by atoms with Gasteiger partial charge in [0.1, 0.15) is 11.6 Å². The molecule has 0 fully saturated rings. The second kappa shape index (κ2) is 4.31. The van der Waals surface area contributed by atoms with Crippen LogP contribution in [0.3, 0.4) is 0 Å². The van der Waals surface area contributed by atoms with Crippen molar-refractivity contribution in [3.8, 4) is 0 Å². The summed E-state index contributed by atoms with van der Waals surface area (Å²) in [5, 5.41) is 3.23. The number of aryl methyl sites for hydroxylation is 1. The normalized spacial score (nSPS) is 12.9. The van der Waals surface area contributed by atoms with E-state index >= 15 is 0 Å². The zero-order chi connectivity index (χ0) is 10.7. The van der Waals surface area contributed by atoms with E-state index in [0.29, 0.717) is 0 Å². The monoisotopic (exact) mass is 205 g/mol. The molecule has 4 nitrogen and oxygen atoms in total. The molecule has 80 valence electrons. The first kappa shape index (κ1) is 9.98. The summed E-state index contributed by atoms with van der Waals surface area (Å²) in [6, 6.07) is 2.15. The van der Waals surface area contributed by atoms with Crippen molar-refractivity contribution in [2.24, 2.45) is 0 Å². The fourth-order valence-corrected chi connectivity index (χ4v) is 1.67. The van der Waals surface area contributed by atoms with Crippen molar-refractivity contribution in [3.63, 3.8) is 0 Å². The molecule has 4 heteroatoms. The number of nitrogens with one attached hydrogen (secondary N) is 2. The summed E-state index contributed by atoms with van der Waals surface area (Å²) in [5.41, 5.74) is 1.17. The molecule has 2 rings (SSSR count). The second-order valence-corrected chi connectivity index (χ2v) is 3.55. The zero-order valence-electron chi connectivity index (χ0n) is 8.95. The maximum atomic E-state index is 5.46. The predicted octanol–water partition coefficient (Wildman–Crippen LogP) is 1.81. The lowest BCUT2D eigenvalue weighted by Crippen LogP contribution is -2.19. The standard InChI is InChI=1S/C11H15N3O/c1-8-3-6-15-11(8)9(12-2)7-10-13-4-5-14-10/h3-6,9,12H,7H2,1-2H3,(H,13,14). The molecular formula is C11H15N3O. The molecule has 2 N–H and O–H groups in total. The van der Waals surface area contributed by atoms with Crippen LogP contribution in [0, 0.1) is 6.92 Å². The summed E-state index contributed by atoms with van der Waals surface area (Å²) in [7, 11) is 1.93. The minimum atomic E-state index is 0.172. The van der Waals surface area contributed by atoms with Crippen molar-refractivity contribution in [1.29, 1.82) is 0 Å². The number of furan rings is 1. The van der Waals surface area contributed by atoms with Crippen molar-refractivity contribution >= 4 is 0 Å². The first-order chi connectivity index (χ1) is 7.31. The Hall–Kier alpha value is -1.55. The fourth-order valence-electron chi connectivity index (χ4n) is 1.67. The van der Waals surface area contributed by atoms with Crippen molar-refractivity contribution < 1.29 is 4.42 Å². The molecule has 0 spiro atoms. The Bertz CT molecular complexity index is 405. The SMILES string of the molecule is CNC(Cc1ncc[nH]1)c1occc1C. The van der Waals surface area contributed by atoms with Crippen molar-refractivity contribution in [1.82, 2.24) is 15.3 Å². The average molecular weight is 205 g/mol. The first-order valence-electron chi connectivity index (χ1n) is 5.00. The Morgan fingerprint density at radius 3 is 3.00 bits per heavy atom. The lowest BCUT2D eigenvalue weighted by atomic mass is 10.1. The highest BCUT2D eigenvalue weighted by Gasteiger charge is 2.16. The molecule has 0 aliphatic rings. The Balaban J connectivity index is 2.15. The molecule has 15 heavy (non-hydrogen) atoms. The van der Waals surface area contributed by atoms with Crippen LogP contribution >= 0.6 is 0 Å². The molecule has 0 saturated carbocycles. The van der Waals surface area contributed by atoms with Gasteiger partial charge in [0.2, 0.25) is 0 Å². The average Bonchev–Trinajstić information content (AvgIpc) is 2.85. The number of likely N-dealkylation sites (N-methyl/N-ethyl adjacent to an activating group) is 1. The number of aromatic nitrogens is 2. The summed E-state index contributed by atoms with van der Waals surface area (Å²) in [6.45, 7) is 2.05. The summed E-state index contributed by atoms with van der Waals surface area (Å²) in [6.07, 6.45) is 6.11. The number of hydrogen-bond acceptors (Lipinski definition) is 3. The van der Waals surface area contributed by atoms with Crippen molar-refractivity contribution in [2.75, 3.05) is 7.05 Å². The Morgan fingerprint density at radius 2 is 2.47 bits per heavy atom. The predicted molar refractivity (Wildman–Crippen MR) is 57.5 cm³/mol. The molecule has 1 atom stereocenters. The van der Waals surface area contributed by atoms with Gasteiger partial charge in [0.05, 0.1) is 12.3 Å². The van der Waals surface area contributed by atoms with Crippen LogP contribution in [-0.4, -0.2) is 17.0 Å². The molecule has 0 radical (unpaired) electrons. The zero-order valence-corrected chi connectivity index (χ0v) is 8.95. The van der Waals surface area contributed by atoms with Crippen molar-refractivity contribution in [2.45, 2.75) is 19.4 Å². The van der Waals surface area contributed by atoms with E-state index in [0.717, 1.165) is 18.0 Å². The summed E-state index contributed by atoms with van der Waals surface area (Å²) >= 11 is 0. The van der Waals surface area contributed by atoms with Crippen LogP contribution in [-0.2, 0) is 6.42 Å². The maximum Gasteiger partial charge on any atom is 0.124 e. The third kappa shape index (κ3) is 2.10. The van der Waals surface area contributed by atoms with E-state index in [4.69, 9.17) is 4.42 Å². The minimum Gasteiger partial charge on any atom is -0.467 e. The van der Waals surface area contributed by atoms with E-state index in [2.05, 4.69) is 15.3 Å². The van der Waals surface area contributed by atoms with E-state index in [1.807, 2.05) is 26.2 Å². The Morgan fingerprint density at radius 1 is 1.60 bits per heavy atom. The number of aromatic amines is 1. The lowest BCUT2D eigenvalue weighted by molar-refractivity contribution is 0.423. The molecule has 0 saturated heterocycles. The highest BCUT2D eigenvalue weighted by atomic mass is 16.3. The van der Waals surface area contributed by atoms with Gasteiger partial charge < -0.3 is 14.7 Å². The Labute approximate surface area is 88.7 Å². The van der Waals surface area contributed by atoms with Gasteiger partial charge in [-0.05, 0) is 25.6 Å². The van der Waals surface area contributed by atoms with E-state index in [1.165, 1.54) is 5.56 Å². The minimum absolute atomic E-state index is 0.172. The number of nitrogens with zero attached hydrogens (tertiary/aromatic N) is 1. The van der Waals surface area contributed by atoms with Gasteiger partial charge in [-0.1, -0.05) is 0 Å². The topological polar surface area (TPSA) is 53.9 Å². The van der Waals surface area contributed by atoms with E-state index in [9.17, 15) is 0 Å². The third-order valence-electron chi connectivity index (χ3n) is 2.52. The summed E-state index contributed by atoms with van der Waals surface area (Å²) in [4.78, 5) is 7.30. The first-order valence-corrected chi connectivity index (χ1v) is 5.00. The van der Waals surface area contributed by atoms with Crippen LogP contribution in [0.4, 0.5) is 0 Å². The molecule has 2 aromatic rings. The van der Waals surface area contributed by atoms with E-state index in [1.54, 1.807) is 12.5 Å². The van der Waals surface area contributed by atoms with Gasteiger partial charge in [-0.2, -0.15) is 0 Å². The molecule has 0 amide bonds. The van der Waals surface area contributed by atoms with Crippen molar-refractivity contribution in [3.05, 3.63) is 41.9 Å². The molecule has 0 aromatic carbocycles. The molecule has 1 unspecified atom stereocenters. The van der Waals surface area contributed by atoms with Gasteiger partial charge in [-0.25, -0.2) is 4.98 Å². The molecule has 0 aliphatic heterocycles. The third-order valence-corrected chi connectivity index (χ3v) is 2.52. The van der Waals surface area contributed by atoms with Crippen LogP contribution in [0.5, 0.6) is 0 Å². The second-order valence-electron chi connectivity index (χ2n) is 3.55. The fraction of sp³-hybridized carbons (Fsp3) is 0.364. The van der Waals surface area contributed by atoms with Gasteiger partial charge >= 0.3 is 0 Å².